The number of amides is 1. The summed E-state index contributed by atoms with van der Waals surface area (Å²) in [6, 6.07) is 13.5. The van der Waals surface area contributed by atoms with Gasteiger partial charge in [-0.2, -0.15) is 0 Å². The quantitative estimate of drug-likeness (QED) is 0.718. The molecule has 2 rings (SSSR count). The molecule has 0 unspecified atom stereocenters. The second kappa shape index (κ2) is 8.48. The molecule has 0 saturated heterocycles. The SMILES string of the molecule is Cc1ccccc1CNC(=O)COC(=O)c1cccc(NS(C)(=O)=O)c1. The van der Waals surface area contributed by atoms with Crippen LogP contribution < -0.4 is 10.0 Å². The molecular formula is C18H20N2O5S. The van der Waals surface area contributed by atoms with Crippen molar-refractivity contribution in [3.05, 3.63) is 65.2 Å². The fraction of sp³-hybridized carbons (Fsp3) is 0.222. The smallest absolute Gasteiger partial charge is 0.338 e. The molecule has 2 aromatic carbocycles. The third-order valence-corrected chi connectivity index (χ3v) is 4.08. The first-order valence-electron chi connectivity index (χ1n) is 7.81. The van der Waals surface area contributed by atoms with E-state index in [0.717, 1.165) is 17.4 Å². The summed E-state index contributed by atoms with van der Waals surface area (Å²) in [6.07, 6.45) is 1.01. The van der Waals surface area contributed by atoms with Crippen molar-refractivity contribution in [2.75, 3.05) is 17.6 Å². The predicted molar refractivity (Wildman–Crippen MR) is 98.2 cm³/mol. The first-order chi connectivity index (χ1) is 12.2. The van der Waals surface area contributed by atoms with Crippen LogP contribution in [0.1, 0.15) is 21.5 Å². The highest BCUT2D eigenvalue weighted by Gasteiger charge is 2.12. The summed E-state index contributed by atoms with van der Waals surface area (Å²) in [4.78, 5) is 23.9. The number of nitrogens with one attached hydrogen (secondary N) is 2. The molecule has 8 heteroatoms. The lowest BCUT2D eigenvalue weighted by Gasteiger charge is -2.09. The molecule has 0 aromatic heterocycles. The van der Waals surface area contributed by atoms with Crippen molar-refractivity contribution in [3.63, 3.8) is 0 Å². The lowest BCUT2D eigenvalue weighted by molar-refractivity contribution is -0.124. The van der Waals surface area contributed by atoms with E-state index in [9.17, 15) is 18.0 Å². The summed E-state index contributed by atoms with van der Waals surface area (Å²) >= 11 is 0. The Morgan fingerprint density at radius 3 is 2.50 bits per heavy atom. The second-order valence-corrected chi connectivity index (χ2v) is 7.48. The number of rotatable bonds is 7. The Balaban J connectivity index is 1.87. The second-order valence-electron chi connectivity index (χ2n) is 5.73. The average Bonchev–Trinajstić information content (AvgIpc) is 2.57. The van der Waals surface area contributed by atoms with Crippen molar-refractivity contribution in [2.24, 2.45) is 0 Å². The summed E-state index contributed by atoms with van der Waals surface area (Å²) < 4.78 is 29.7. The fourth-order valence-electron chi connectivity index (χ4n) is 2.19. The molecule has 0 atom stereocenters. The number of ether oxygens (including phenoxy) is 1. The normalized spacial score (nSPS) is 10.8. The number of carbonyl (C=O) groups is 2. The largest absolute Gasteiger partial charge is 0.452 e. The lowest BCUT2D eigenvalue weighted by Crippen LogP contribution is -2.28. The van der Waals surface area contributed by atoms with E-state index in [4.69, 9.17) is 4.74 Å². The topological polar surface area (TPSA) is 102 Å². The van der Waals surface area contributed by atoms with Crippen LogP contribution in [0.4, 0.5) is 5.69 Å². The summed E-state index contributed by atoms with van der Waals surface area (Å²) in [5, 5.41) is 2.68. The van der Waals surface area contributed by atoms with Gasteiger partial charge in [-0.25, -0.2) is 13.2 Å². The molecule has 0 bridgehead atoms. The van der Waals surface area contributed by atoms with E-state index in [0.29, 0.717) is 6.54 Å². The van der Waals surface area contributed by atoms with Gasteiger partial charge in [-0.05, 0) is 36.2 Å². The molecule has 0 radical (unpaired) electrons. The fourth-order valence-corrected chi connectivity index (χ4v) is 2.75. The maximum Gasteiger partial charge on any atom is 0.338 e. The van der Waals surface area contributed by atoms with E-state index in [1.165, 1.54) is 24.3 Å². The van der Waals surface area contributed by atoms with Gasteiger partial charge >= 0.3 is 5.97 Å². The highest BCUT2D eigenvalue weighted by molar-refractivity contribution is 7.92. The molecule has 0 fully saturated rings. The zero-order valence-electron chi connectivity index (χ0n) is 14.5. The van der Waals surface area contributed by atoms with Crippen LogP contribution in [0.3, 0.4) is 0 Å². The van der Waals surface area contributed by atoms with Crippen molar-refractivity contribution in [3.8, 4) is 0 Å². The number of aryl methyl sites for hydroxylation is 1. The number of hydrogen-bond donors (Lipinski definition) is 2. The number of carbonyl (C=O) groups excluding carboxylic acids is 2. The zero-order valence-corrected chi connectivity index (χ0v) is 15.3. The molecule has 0 spiro atoms. The molecule has 0 saturated carbocycles. The standard InChI is InChI=1S/C18H20N2O5S/c1-13-6-3-4-7-15(13)11-19-17(21)12-25-18(22)14-8-5-9-16(10-14)20-26(2,23)24/h3-10,20H,11-12H2,1-2H3,(H,19,21). The Morgan fingerprint density at radius 1 is 1.08 bits per heavy atom. The Hall–Kier alpha value is -2.87. The molecule has 0 aliphatic carbocycles. The van der Waals surface area contributed by atoms with E-state index in [1.807, 2.05) is 31.2 Å². The molecule has 26 heavy (non-hydrogen) atoms. The van der Waals surface area contributed by atoms with Crippen molar-refractivity contribution in [2.45, 2.75) is 13.5 Å². The van der Waals surface area contributed by atoms with Gasteiger partial charge in [0.2, 0.25) is 10.0 Å². The van der Waals surface area contributed by atoms with Crippen molar-refractivity contribution in [1.82, 2.24) is 5.32 Å². The van der Waals surface area contributed by atoms with Gasteiger partial charge in [0.05, 0.1) is 11.8 Å². The molecule has 2 aromatic rings. The van der Waals surface area contributed by atoms with Crippen LogP contribution in [0.15, 0.2) is 48.5 Å². The number of sulfonamides is 1. The summed E-state index contributed by atoms with van der Waals surface area (Å²) in [5.41, 5.74) is 2.42. The molecule has 0 aliphatic heterocycles. The van der Waals surface area contributed by atoms with Gasteiger partial charge in [-0.3, -0.25) is 9.52 Å². The van der Waals surface area contributed by atoms with Crippen LogP contribution in [-0.2, 0) is 26.1 Å². The highest BCUT2D eigenvalue weighted by Crippen LogP contribution is 2.13. The van der Waals surface area contributed by atoms with Gasteiger partial charge in [0.25, 0.3) is 5.91 Å². The molecule has 138 valence electrons. The Morgan fingerprint density at radius 2 is 1.81 bits per heavy atom. The summed E-state index contributed by atoms with van der Waals surface area (Å²) in [5.74, 6) is -1.14. The Kier molecular flexibility index (Phi) is 6.35. The van der Waals surface area contributed by atoms with Crippen molar-refractivity contribution >= 4 is 27.6 Å². The number of anilines is 1. The van der Waals surface area contributed by atoms with Crippen molar-refractivity contribution < 1.29 is 22.7 Å². The predicted octanol–water partition coefficient (Wildman–Crippen LogP) is 1.84. The summed E-state index contributed by atoms with van der Waals surface area (Å²) in [6.45, 7) is 1.87. The third kappa shape index (κ3) is 6.21. The maximum absolute atomic E-state index is 12.0. The first kappa shape index (κ1) is 19.5. The zero-order chi connectivity index (χ0) is 19.2. The van der Waals surface area contributed by atoms with E-state index >= 15 is 0 Å². The highest BCUT2D eigenvalue weighted by atomic mass is 32.2. The van der Waals surface area contributed by atoms with Gasteiger partial charge in [-0.15, -0.1) is 0 Å². The minimum Gasteiger partial charge on any atom is -0.452 e. The van der Waals surface area contributed by atoms with Gasteiger partial charge in [0.1, 0.15) is 0 Å². The Labute approximate surface area is 152 Å². The van der Waals surface area contributed by atoms with Gasteiger partial charge in [-0.1, -0.05) is 30.3 Å². The van der Waals surface area contributed by atoms with E-state index < -0.39 is 28.5 Å². The van der Waals surface area contributed by atoms with Crippen LogP contribution in [0, 0.1) is 6.92 Å². The number of esters is 1. The molecular weight excluding hydrogens is 356 g/mol. The maximum atomic E-state index is 12.0. The van der Waals surface area contributed by atoms with E-state index in [1.54, 1.807) is 0 Å². The average molecular weight is 376 g/mol. The number of benzene rings is 2. The van der Waals surface area contributed by atoms with E-state index in [-0.39, 0.29) is 11.3 Å². The monoisotopic (exact) mass is 376 g/mol. The van der Waals surface area contributed by atoms with Crippen LogP contribution in [0.2, 0.25) is 0 Å². The van der Waals surface area contributed by atoms with Crippen LogP contribution in [0.5, 0.6) is 0 Å². The summed E-state index contributed by atoms with van der Waals surface area (Å²) in [7, 11) is -3.45. The molecule has 0 aliphatic rings. The Bertz CT molecular complexity index is 909. The van der Waals surface area contributed by atoms with Crippen molar-refractivity contribution in [1.29, 1.82) is 0 Å². The first-order valence-corrected chi connectivity index (χ1v) is 9.70. The van der Waals surface area contributed by atoms with Crippen LogP contribution in [0.25, 0.3) is 0 Å². The minimum atomic E-state index is -3.45. The van der Waals surface area contributed by atoms with Gasteiger partial charge < -0.3 is 10.1 Å². The van der Waals surface area contributed by atoms with Crippen LogP contribution >= 0.6 is 0 Å². The van der Waals surface area contributed by atoms with Gasteiger partial charge in [0.15, 0.2) is 6.61 Å². The molecule has 1 amide bonds. The number of hydrogen-bond acceptors (Lipinski definition) is 5. The van der Waals surface area contributed by atoms with E-state index in [2.05, 4.69) is 10.0 Å². The minimum absolute atomic E-state index is 0.144. The molecule has 0 heterocycles. The molecule has 7 nitrogen and oxygen atoms in total. The van der Waals surface area contributed by atoms with Crippen LogP contribution in [-0.4, -0.2) is 33.2 Å². The third-order valence-electron chi connectivity index (χ3n) is 3.47. The van der Waals surface area contributed by atoms with Gasteiger partial charge in [0, 0.05) is 12.2 Å². The lowest BCUT2D eigenvalue weighted by atomic mass is 10.1. The molecule has 2 N–H and O–H groups in total.